The van der Waals surface area contributed by atoms with Gasteiger partial charge in [-0.3, -0.25) is 9.89 Å². The zero-order chi connectivity index (χ0) is 15.2. The van der Waals surface area contributed by atoms with Crippen molar-refractivity contribution in [1.29, 1.82) is 0 Å². The Morgan fingerprint density at radius 3 is 3.10 bits per heavy atom. The third-order valence-corrected chi connectivity index (χ3v) is 3.19. The van der Waals surface area contributed by atoms with E-state index in [1.54, 1.807) is 24.5 Å². The zero-order valence-electron chi connectivity index (χ0n) is 12.0. The van der Waals surface area contributed by atoms with Gasteiger partial charge in [-0.2, -0.15) is 5.10 Å². The molecule has 0 aliphatic rings. The number of rotatable bonds is 6. The maximum Gasteiger partial charge on any atom is 0.244 e. The van der Waals surface area contributed by atoms with Crippen molar-refractivity contribution in [1.82, 2.24) is 20.1 Å². The molecule has 0 aromatic carbocycles. The smallest absolute Gasteiger partial charge is 0.244 e. The number of aromatic nitrogens is 3. The Labute approximate surface area is 127 Å². The monoisotopic (exact) mass is 306 g/mol. The lowest BCUT2D eigenvalue weighted by Crippen LogP contribution is -2.26. The fraction of sp³-hybridized carbons (Fsp3) is 0.357. The number of hydrogen-bond acceptors (Lipinski definition) is 4. The molecule has 1 amide bonds. The van der Waals surface area contributed by atoms with Crippen LogP contribution in [0.4, 0.5) is 0 Å². The van der Waals surface area contributed by atoms with E-state index in [-0.39, 0.29) is 11.8 Å². The standard InChI is InChI=1S/C14H18N4O2S/c1-10(2)13-16-17-14(21)18(13)8-7-15-12(19)6-5-11-4-3-9-20-11/h3-6,9-10H,7-8H2,1-2H3,(H,15,19)(H,17,21)/b6-5+. The predicted octanol–water partition coefficient (Wildman–Crippen LogP) is 2.49. The summed E-state index contributed by atoms with van der Waals surface area (Å²) in [6, 6.07) is 3.55. The van der Waals surface area contributed by atoms with Gasteiger partial charge in [0.25, 0.3) is 0 Å². The molecule has 0 aliphatic heterocycles. The molecule has 2 N–H and O–H groups in total. The van der Waals surface area contributed by atoms with Gasteiger partial charge in [-0.05, 0) is 30.4 Å². The fourth-order valence-corrected chi connectivity index (χ4v) is 2.11. The Hall–Kier alpha value is -2.15. The molecule has 2 heterocycles. The van der Waals surface area contributed by atoms with E-state index in [0.717, 1.165) is 5.82 Å². The third-order valence-electron chi connectivity index (χ3n) is 2.88. The number of carbonyl (C=O) groups excluding carboxylic acids is 1. The first-order valence-electron chi connectivity index (χ1n) is 6.72. The summed E-state index contributed by atoms with van der Waals surface area (Å²) in [6.45, 7) is 5.16. The van der Waals surface area contributed by atoms with Gasteiger partial charge in [0.05, 0.1) is 6.26 Å². The number of amides is 1. The maximum atomic E-state index is 11.7. The van der Waals surface area contributed by atoms with E-state index >= 15 is 0 Å². The van der Waals surface area contributed by atoms with E-state index in [4.69, 9.17) is 16.6 Å². The average molecular weight is 306 g/mol. The van der Waals surface area contributed by atoms with Crippen LogP contribution in [0, 0.1) is 4.77 Å². The van der Waals surface area contributed by atoms with Crippen LogP contribution in [-0.4, -0.2) is 27.2 Å². The molecule has 0 fully saturated rings. The molecular formula is C14H18N4O2S. The van der Waals surface area contributed by atoms with Gasteiger partial charge >= 0.3 is 0 Å². The van der Waals surface area contributed by atoms with Crippen molar-refractivity contribution < 1.29 is 9.21 Å². The summed E-state index contributed by atoms with van der Waals surface area (Å²) in [4.78, 5) is 11.7. The van der Waals surface area contributed by atoms with E-state index in [1.165, 1.54) is 6.08 Å². The molecule has 2 rings (SSSR count). The molecule has 2 aromatic rings. The molecule has 6 nitrogen and oxygen atoms in total. The van der Waals surface area contributed by atoms with E-state index < -0.39 is 0 Å². The Balaban J connectivity index is 1.86. The van der Waals surface area contributed by atoms with Gasteiger partial charge in [-0.15, -0.1) is 0 Å². The minimum Gasteiger partial charge on any atom is -0.465 e. The van der Waals surface area contributed by atoms with Crippen molar-refractivity contribution in [2.24, 2.45) is 0 Å². The van der Waals surface area contributed by atoms with Crippen LogP contribution in [0.25, 0.3) is 6.08 Å². The van der Waals surface area contributed by atoms with Crippen molar-refractivity contribution in [3.8, 4) is 0 Å². The van der Waals surface area contributed by atoms with Crippen molar-refractivity contribution in [2.45, 2.75) is 26.3 Å². The normalized spacial score (nSPS) is 11.4. The van der Waals surface area contributed by atoms with Gasteiger partial charge in [0.1, 0.15) is 11.6 Å². The molecule has 0 saturated heterocycles. The Bertz CT molecular complexity index is 667. The number of aromatic amines is 1. The summed E-state index contributed by atoms with van der Waals surface area (Å²) in [7, 11) is 0. The second kappa shape index (κ2) is 7.03. The van der Waals surface area contributed by atoms with E-state index in [2.05, 4.69) is 15.5 Å². The highest BCUT2D eigenvalue weighted by Gasteiger charge is 2.09. The van der Waals surface area contributed by atoms with Gasteiger partial charge in [0.2, 0.25) is 5.91 Å². The third kappa shape index (κ3) is 4.16. The van der Waals surface area contributed by atoms with E-state index in [9.17, 15) is 4.79 Å². The topological polar surface area (TPSA) is 75.8 Å². The summed E-state index contributed by atoms with van der Waals surface area (Å²) < 4.78 is 7.58. The van der Waals surface area contributed by atoms with E-state index in [0.29, 0.717) is 23.6 Å². The lowest BCUT2D eigenvalue weighted by Gasteiger charge is -2.09. The molecule has 0 aliphatic carbocycles. The van der Waals surface area contributed by atoms with Gasteiger partial charge in [-0.25, -0.2) is 0 Å². The van der Waals surface area contributed by atoms with Gasteiger partial charge < -0.3 is 14.3 Å². The van der Waals surface area contributed by atoms with Gasteiger partial charge in [0, 0.05) is 25.1 Å². The van der Waals surface area contributed by atoms with Crippen LogP contribution < -0.4 is 5.32 Å². The molecule has 2 aromatic heterocycles. The molecule has 0 atom stereocenters. The summed E-state index contributed by atoms with van der Waals surface area (Å²) in [5.74, 6) is 1.63. The fourth-order valence-electron chi connectivity index (χ4n) is 1.88. The second-order valence-electron chi connectivity index (χ2n) is 4.83. The van der Waals surface area contributed by atoms with Crippen LogP contribution in [0.3, 0.4) is 0 Å². The highest BCUT2D eigenvalue weighted by Crippen LogP contribution is 2.10. The summed E-state index contributed by atoms with van der Waals surface area (Å²) >= 11 is 5.18. The summed E-state index contributed by atoms with van der Waals surface area (Å²) in [6.07, 6.45) is 4.63. The Morgan fingerprint density at radius 2 is 2.43 bits per heavy atom. The van der Waals surface area contributed by atoms with Crippen LogP contribution in [0.5, 0.6) is 0 Å². The number of nitrogens with zero attached hydrogens (tertiary/aromatic N) is 2. The predicted molar refractivity (Wildman–Crippen MR) is 82.3 cm³/mol. The molecule has 112 valence electrons. The first kappa shape index (κ1) is 15.2. The first-order chi connectivity index (χ1) is 10.1. The Kier molecular flexibility index (Phi) is 5.10. The summed E-state index contributed by atoms with van der Waals surface area (Å²) in [5.41, 5.74) is 0. The van der Waals surface area contributed by atoms with E-state index in [1.807, 2.05) is 18.4 Å². The largest absolute Gasteiger partial charge is 0.465 e. The van der Waals surface area contributed by atoms with Crippen molar-refractivity contribution in [3.05, 3.63) is 40.8 Å². The minimum atomic E-state index is -0.174. The second-order valence-corrected chi connectivity index (χ2v) is 5.22. The van der Waals surface area contributed by atoms with Crippen LogP contribution in [0.2, 0.25) is 0 Å². The molecule has 0 radical (unpaired) electrons. The van der Waals surface area contributed by atoms with Crippen molar-refractivity contribution in [3.63, 3.8) is 0 Å². The highest BCUT2D eigenvalue weighted by molar-refractivity contribution is 7.71. The number of H-pyrrole nitrogens is 1. The quantitative estimate of drug-likeness (QED) is 0.635. The SMILES string of the molecule is CC(C)c1n[nH]c(=S)n1CCNC(=O)/C=C/c1ccco1. The molecule has 21 heavy (non-hydrogen) atoms. The average Bonchev–Trinajstić information content (AvgIpc) is 3.07. The van der Waals surface area contributed by atoms with Crippen molar-refractivity contribution in [2.75, 3.05) is 6.54 Å². The number of furan rings is 1. The highest BCUT2D eigenvalue weighted by atomic mass is 32.1. The lowest BCUT2D eigenvalue weighted by atomic mass is 10.2. The summed E-state index contributed by atoms with van der Waals surface area (Å²) in [5, 5.41) is 9.77. The van der Waals surface area contributed by atoms with Crippen LogP contribution in [0.15, 0.2) is 28.9 Å². The number of hydrogen-bond donors (Lipinski definition) is 2. The number of carbonyl (C=O) groups is 1. The number of nitrogens with one attached hydrogen (secondary N) is 2. The molecule has 0 bridgehead atoms. The van der Waals surface area contributed by atoms with Gasteiger partial charge in [0.15, 0.2) is 4.77 Å². The van der Waals surface area contributed by atoms with Crippen LogP contribution in [-0.2, 0) is 11.3 Å². The zero-order valence-corrected chi connectivity index (χ0v) is 12.8. The van der Waals surface area contributed by atoms with Crippen LogP contribution in [0.1, 0.15) is 31.4 Å². The maximum absolute atomic E-state index is 11.7. The first-order valence-corrected chi connectivity index (χ1v) is 7.13. The molecular weight excluding hydrogens is 288 g/mol. The molecule has 0 unspecified atom stereocenters. The van der Waals surface area contributed by atoms with Crippen LogP contribution >= 0.6 is 12.2 Å². The lowest BCUT2D eigenvalue weighted by molar-refractivity contribution is -0.116. The molecule has 0 spiro atoms. The molecule has 7 heteroatoms. The van der Waals surface area contributed by atoms with Gasteiger partial charge in [-0.1, -0.05) is 13.8 Å². The minimum absolute atomic E-state index is 0.174. The van der Waals surface area contributed by atoms with Crippen molar-refractivity contribution >= 4 is 24.2 Å². The molecule has 0 saturated carbocycles. The Morgan fingerprint density at radius 1 is 1.62 bits per heavy atom.